The van der Waals surface area contributed by atoms with Gasteiger partial charge in [-0.25, -0.2) is 0 Å². The second kappa shape index (κ2) is 11.2. The molecule has 34 heavy (non-hydrogen) atoms. The van der Waals surface area contributed by atoms with Crippen LogP contribution in [0.2, 0.25) is 0 Å². The molecule has 1 saturated heterocycles. The molecule has 1 unspecified atom stereocenters. The second-order valence-electron chi connectivity index (χ2n) is 8.46. The molecule has 182 valence electrons. The number of carbonyl (C=O) groups is 2. The van der Waals surface area contributed by atoms with Crippen molar-refractivity contribution in [3.05, 3.63) is 65.2 Å². The fraction of sp³-hybridized carbons (Fsp3) is 0.407. The normalized spacial score (nSPS) is 17.6. The molecule has 0 aliphatic carbocycles. The van der Waals surface area contributed by atoms with E-state index >= 15 is 0 Å². The van der Waals surface area contributed by atoms with Crippen LogP contribution in [0.15, 0.2) is 54.1 Å². The van der Waals surface area contributed by atoms with Crippen LogP contribution in [0.5, 0.6) is 11.5 Å². The number of aliphatic hydroxyl groups excluding tert-OH is 1. The molecule has 1 heterocycles. The van der Waals surface area contributed by atoms with Crippen LogP contribution in [-0.4, -0.2) is 66.0 Å². The number of ketones is 1. The van der Waals surface area contributed by atoms with Crippen LogP contribution in [0.1, 0.15) is 44.9 Å². The predicted octanol–water partition coefficient (Wildman–Crippen LogP) is 4.25. The molecule has 1 fully saturated rings. The van der Waals surface area contributed by atoms with Crippen LogP contribution in [0, 0.1) is 0 Å². The Kier molecular flexibility index (Phi) is 8.34. The SMILES string of the molecule is CCN(CC)CCN1C(=O)C(=O)/C(=C(/O)c2cccc(OC(C)C)c2)C1c1ccccc1OC. The summed E-state index contributed by atoms with van der Waals surface area (Å²) in [5.41, 5.74) is 1.12. The van der Waals surface area contributed by atoms with Crippen LogP contribution in [-0.2, 0) is 9.59 Å². The van der Waals surface area contributed by atoms with Crippen LogP contribution in [0.4, 0.5) is 0 Å². The van der Waals surface area contributed by atoms with Crippen LogP contribution >= 0.6 is 0 Å². The summed E-state index contributed by atoms with van der Waals surface area (Å²) in [5.74, 6) is -0.440. The number of likely N-dealkylation sites (tertiary alicyclic amines) is 1. The number of methoxy groups -OCH3 is 1. The topological polar surface area (TPSA) is 79.3 Å². The van der Waals surface area contributed by atoms with Gasteiger partial charge in [0.15, 0.2) is 0 Å². The third-order valence-electron chi connectivity index (χ3n) is 6.00. The summed E-state index contributed by atoms with van der Waals surface area (Å²) >= 11 is 0. The lowest BCUT2D eigenvalue weighted by molar-refractivity contribution is -0.140. The number of carbonyl (C=O) groups excluding carboxylic acids is 2. The zero-order valence-electron chi connectivity index (χ0n) is 20.6. The van der Waals surface area contributed by atoms with Crippen LogP contribution in [0.25, 0.3) is 5.76 Å². The summed E-state index contributed by atoms with van der Waals surface area (Å²) in [6.07, 6.45) is -0.0448. The summed E-state index contributed by atoms with van der Waals surface area (Å²) in [6.45, 7) is 10.6. The monoisotopic (exact) mass is 466 g/mol. The van der Waals surface area contributed by atoms with E-state index in [1.807, 2.05) is 32.0 Å². The maximum atomic E-state index is 13.3. The Morgan fingerprint density at radius 1 is 1.09 bits per heavy atom. The molecule has 1 aliphatic rings. The van der Waals surface area contributed by atoms with Gasteiger partial charge in [0.05, 0.1) is 24.8 Å². The van der Waals surface area contributed by atoms with Crippen molar-refractivity contribution in [3.8, 4) is 11.5 Å². The van der Waals surface area contributed by atoms with Gasteiger partial charge in [0.2, 0.25) is 0 Å². The van der Waals surface area contributed by atoms with E-state index in [1.165, 1.54) is 0 Å². The first-order valence-electron chi connectivity index (χ1n) is 11.7. The molecule has 0 radical (unpaired) electrons. The molecular weight excluding hydrogens is 432 g/mol. The van der Waals surface area contributed by atoms with E-state index in [1.54, 1.807) is 42.3 Å². The minimum absolute atomic E-state index is 0.0448. The fourth-order valence-corrected chi connectivity index (χ4v) is 4.26. The van der Waals surface area contributed by atoms with Crippen molar-refractivity contribution in [2.45, 2.75) is 39.8 Å². The van der Waals surface area contributed by atoms with Crippen LogP contribution in [0.3, 0.4) is 0 Å². The highest BCUT2D eigenvalue weighted by Crippen LogP contribution is 2.42. The van der Waals surface area contributed by atoms with Gasteiger partial charge in [-0.05, 0) is 45.1 Å². The average molecular weight is 467 g/mol. The van der Waals surface area contributed by atoms with E-state index in [2.05, 4.69) is 18.7 Å². The maximum Gasteiger partial charge on any atom is 0.295 e. The zero-order chi connectivity index (χ0) is 24.8. The molecule has 2 aromatic rings. The molecule has 0 bridgehead atoms. The Bertz CT molecular complexity index is 1060. The van der Waals surface area contributed by atoms with Gasteiger partial charge in [0.1, 0.15) is 17.3 Å². The number of amides is 1. The van der Waals surface area contributed by atoms with Gasteiger partial charge in [0.25, 0.3) is 11.7 Å². The van der Waals surface area contributed by atoms with Gasteiger partial charge in [-0.15, -0.1) is 0 Å². The highest BCUT2D eigenvalue weighted by atomic mass is 16.5. The van der Waals surface area contributed by atoms with E-state index in [-0.39, 0.29) is 17.4 Å². The van der Waals surface area contributed by atoms with Crippen molar-refractivity contribution in [2.75, 3.05) is 33.3 Å². The lowest BCUT2D eigenvalue weighted by atomic mass is 9.94. The van der Waals surface area contributed by atoms with E-state index < -0.39 is 17.7 Å². The standard InChI is InChI=1S/C27H34N2O5/c1-6-28(7-2)15-16-29-24(21-13-8-9-14-22(21)33-5)23(26(31)27(29)32)25(30)19-11-10-12-20(17-19)34-18(3)4/h8-14,17-18,24,30H,6-7,15-16H2,1-5H3/b25-23+. The summed E-state index contributed by atoms with van der Waals surface area (Å²) in [4.78, 5) is 30.2. The number of benzene rings is 2. The molecule has 1 atom stereocenters. The highest BCUT2D eigenvalue weighted by molar-refractivity contribution is 6.46. The molecule has 0 saturated carbocycles. The van der Waals surface area contributed by atoms with Gasteiger partial charge in [0, 0.05) is 24.2 Å². The Morgan fingerprint density at radius 3 is 2.44 bits per heavy atom. The smallest absolute Gasteiger partial charge is 0.295 e. The van der Waals surface area contributed by atoms with Crippen LogP contribution < -0.4 is 9.47 Å². The minimum Gasteiger partial charge on any atom is -0.507 e. The Labute approximate surface area is 201 Å². The van der Waals surface area contributed by atoms with E-state index in [4.69, 9.17) is 9.47 Å². The fourth-order valence-electron chi connectivity index (χ4n) is 4.26. The zero-order valence-corrected chi connectivity index (χ0v) is 20.6. The third kappa shape index (κ3) is 5.25. The number of nitrogens with zero attached hydrogens (tertiary/aromatic N) is 2. The summed E-state index contributed by atoms with van der Waals surface area (Å²) < 4.78 is 11.3. The molecule has 1 amide bonds. The van der Waals surface area contributed by atoms with Gasteiger partial charge >= 0.3 is 0 Å². The molecule has 0 spiro atoms. The van der Waals surface area contributed by atoms with Gasteiger partial charge < -0.3 is 24.4 Å². The molecular formula is C27H34N2O5. The summed E-state index contributed by atoms with van der Waals surface area (Å²) in [6, 6.07) is 13.4. The molecule has 7 nitrogen and oxygen atoms in total. The number of aliphatic hydroxyl groups is 1. The lowest BCUT2D eigenvalue weighted by Gasteiger charge is -2.29. The second-order valence-corrected chi connectivity index (χ2v) is 8.46. The number of rotatable bonds is 10. The molecule has 3 rings (SSSR count). The van der Waals surface area contributed by atoms with Crippen molar-refractivity contribution < 1.29 is 24.2 Å². The molecule has 0 aromatic heterocycles. The maximum absolute atomic E-state index is 13.3. The Morgan fingerprint density at radius 2 is 1.79 bits per heavy atom. The van der Waals surface area contributed by atoms with Gasteiger partial charge in [-0.3, -0.25) is 9.59 Å². The van der Waals surface area contributed by atoms with Crippen molar-refractivity contribution in [1.82, 2.24) is 9.80 Å². The Hall–Kier alpha value is -3.32. The van der Waals surface area contributed by atoms with Crippen molar-refractivity contribution in [1.29, 1.82) is 0 Å². The number of likely N-dealkylation sites (N-methyl/N-ethyl adjacent to an activating group) is 1. The molecule has 1 N–H and O–H groups in total. The first-order valence-corrected chi connectivity index (χ1v) is 11.7. The lowest BCUT2D eigenvalue weighted by Crippen LogP contribution is -2.38. The van der Waals surface area contributed by atoms with E-state index in [0.29, 0.717) is 35.7 Å². The first-order chi connectivity index (χ1) is 16.3. The number of ether oxygens (including phenoxy) is 2. The van der Waals surface area contributed by atoms with E-state index in [9.17, 15) is 14.7 Å². The van der Waals surface area contributed by atoms with Gasteiger partial charge in [-0.1, -0.05) is 44.2 Å². The van der Waals surface area contributed by atoms with Crippen molar-refractivity contribution in [3.63, 3.8) is 0 Å². The summed E-state index contributed by atoms with van der Waals surface area (Å²) in [7, 11) is 1.55. The highest BCUT2D eigenvalue weighted by Gasteiger charge is 2.46. The quantitative estimate of drug-likeness (QED) is 0.320. The van der Waals surface area contributed by atoms with Crippen molar-refractivity contribution >= 4 is 17.4 Å². The number of hydrogen-bond acceptors (Lipinski definition) is 6. The largest absolute Gasteiger partial charge is 0.507 e. The third-order valence-corrected chi connectivity index (χ3v) is 6.00. The molecule has 1 aliphatic heterocycles. The number of para-hydroxylation sites is 1. The van der Waals surface area contributed by atoms with Gasteiger partial charge in [-0.2, -0.15) is 0 Å². The first kappa shape index (κ1) is 25.3. The average Bonchev–Trinajstić information content (AvgIpc) is 3.08. The Balaban J connectivity index is 2.13. The van der Waals surface area contributed by atoms with E-state index in [0.717, 1.165) is 13.1 Å². The number of Topliss-reactive ketones (excluding diaryl/α,β-unsaturated/α-hetero) is 1. The predicted molar refractivity (Wildman–Crippen MR) is 132 cm³/mol. The summed E-state index contributed by atoms with van der Waals surface area (Å²) in [5, 5.41) is 11.3. The molecule has 2 aromatic carbocycles. The molecule has 7 heteroatoms. The minimum atomic E-state index is -0.763. The van der Waals surface area contributed by atoms with Crippen molar-refractivity contribution in [2.24, 2.45) is 0 Å². The number of hydrogen-bond donors (Lipinski definition) is 1.